The highest BCUT2D eigenvalue weighted by Crippen LogP contribution is 2.08. The van der Waals surface area contributed by atoms with Crippen molar-refractivity contribution in [3.8, 4) is 0 Å². The van der Waals surface area contributed by atoms with Crippen molar-refractivity contribution in [1.29, 1.82) is 0 Å². The van der Waals surface area contributed by atoms with Crippen LogP contribution in [0.5, 0.6) is 0 Å². The molecule has 0 spiro atoms. The maximum atomic E-state index is 11.5. The largest absolute Gasteiger partial charge is 0.459 e. The van der Waals surface area contributed by atoms with E-state index in [0.29, 0.717) is 18.8 Å². The summed E-state index contributed by atoms with van der Waals surface area (Å²) in [5, 5.41) is 2.81. The number of nitrogens with one attached hydrogen (secondary N) is 1. The van der Waals surface area contributed by atoms with Crippen LogP contribution in [-0.4, -0.2) is 36.3 Å². The molecule has 0 aliphatic carbocycles. The summed E-state index contributed by atoms with van der Waals surface area (Å²) in [6.07, 6.45) is 3.06. The minimum absolute atomic E-state index is 0.0350. The number of amides is 2. The Balaban J connectivity index is 1.88. The van der Waals surface area contributed by atoms with Crippen molar-refractivity contribution in [1.82, 2.24) is 10.2 Å². The summed E-state index contributed by atoms with van der Waals surface area (Å²) < 4.78 is 4.96. The summed E-state index contributed by atoms with van der Waals surface area (Å²) in [6, 6.07) is 3.32. The second-order valence-electron chi connectivity index (χ2n) is 3.54. The molecular weight excluding hydrogens is 196 g/mol. The third kappa shape index (κ3) is 2.18. The number of rotatable bonds is 3. The number of hydrogen-bond acceptors (Lipinski definition) is 3. The van der Waals surface area contributed by atoms with Gasteiger partial charge in [0.15, 0.2) is 5.76 Å². The highest BCUT2D eigenvalue weighted by atomic mass is 16.3. The van der Waals surface area contributed by atoms with Gasteiger partial charge in [-0.25, -0.2) is 0 Å². The molecule has 1 saturated heterocycles. The molecule has 80 valence electrons. The van der Waals surface area contributed by atoms with Crippen molar-refractivity contribution >= 4 is 12.3 Å². The molecule has 0 saturated carbocycles. The fraction of sp³-hybridized carbons (Fsp3) is 0.400. The molecule has 1 N–H and O–H groups in total. The lowest BCUT2D eigenvalue weighted by molar-refractivity contribution is -0.117. The predicted molar refractivity (Wildman–Crippen MR) is 52.2 cm³/mol. The highest BCUT2D eigenvalue weighted by molar-refractivity contribution is 5.91. The smallest absolute Gasteiger partial charge is 0.287 e. The molecule has 0 aromatic carbocycles. The van der Waals surface area contributed by atoms with E-state index in [9.17, 15) is 9.59 Å². The van der Waals surface area contributed by atoms with Gasteiger partial charge in [-0.15, -0.1) is 0 Å². The van der Waals surface area contributed by atoms with E-state index in [-0.39, 0.29) is 11.9 Å². The normalized spacial score (nSPS) is 20.3. The Morgan fingerprint density at radius 3 is 3.13 bits per heavy atom. The van der Waals surface area contributed by atoms with Crippen molar-refractivity contribution in [3.05, 3.63) is 24.2 Å². The third-order valence-corrected chi connectivity index (χ3v) is 2.45. The van der Waals surface area contributed by atoms with Crippen molar-refractivity contribution in [2.75, 3.05) is 13.1 Å². The van der Waals surface area contributed by atoms with Gasteiger partial charge in [0.05, 0.1) is 6.26 Å². The predicted octanol–water partition coefficient (Wildman–Crippen LogP) is 0.240. The first-order valence-corrected chi connectivity index (χ1v) is 4.83. The lowest BCUT2D eigenvalue weighted by Crippen LogP contribution is -2.36. The molecule has 5 heteroatoms. The van der Waals surface area contributed by atoms with Crippen molar-refractivity contribution < 1.29 is 14.0 Å². The Morgan fingerprint density at radius 1 is 1.67 bits per heavy atom. The maximum absolute atomic E-state index is 11.5. The molecule has 5 nitrogen and oxygen atoms in total. The minimum atomic E-state index is -0.224. The molecule has 1 aromatic heterocycles. The van der Waals surface area contributed by atoms with Crippen LogP contribution < -0.4 is 5.32 Å². The lowest BCUT2D eigenvalue weighted by Gasteiger charge is -2.11. The Hall–Kier alpha value is -1.78. The van der Waals surface area contributed by atoms with Gasteiger partial charge in [0.1, 0.15) is 0 Å². The van der Waals surface area contributed by atoms with E-state index in [2.05, 4.69) is 5.32 Å². The fourth-order valence-electron chi connectivity index (χ4n) is 1.67. The molecule has 0 bridgehead atoms. The fourth-order valence-corrected chi connectivity index (χ4v) is 1.67. The van der Waals surface area contributed by atoms with Crippen LogP contribution in [0.25, 0.3) is 0 Å². The highest BCUT2D eigenvalue weighted by Gasteiger charge is 2.23. The van der Waals surface area contributed by atoms with Crippen molar-refractivity contribution in [2.45, 2.75) is 12.5 Å². The summed E-state index contributed by atoms with van der Waals surface area (Å²) in [4.78, 5) is 23.7. The molecule has 1 aliphatic heterocycles. The van der Waals surface area contributed by atoms with Gasteiger partial charge in [-0.3, -0.25) is 9.59 Å². The monoisotopic (exact) mass is 208 g/mol. The average molecular weight is 208 g/mol. The first kappa shape index (κ1) is 9.76. The van der Waals surface area contributed by atoms with Crippen LogP contribution in [0, 0.1) is 0 Å². The van der Waals surface area contributed by atoms with E-state index in [1.165, 1.54) is 6.26 Å². The molecule has 0 radical (unpaired) electrons. The van der Waals surface area contributed by atoms with Crippen LogP contribution in [0.3, 0.4) is 0 Å². The van der Waals surface area contributed by atoms with Crippen LogP contribution in [0.4, 0.5) is 0 Å². The summed E-state index contributed by atoms with van der Waals surface area (Å²) in [5.74, 6) is 0.0808. The van der Waals surface area contributed by atoms with E-state index >= 15 is 0 Å². The van der Waals surface area contributed by atoms with E-state index in [4.69, 9.17) is 4.42 Å². The quantitative estimate of drug-likeness (QED) is 0.724. The average Bonchev–Trinajstić information content (AvgIpc) is 2.87. The minimum Gasteiger partial charge on any atom is -0.459 e. The number of furan rings is 1. The molecule has 2 heterocycles. The van der Waals surface area contributed by atoms with E-state index < -0.39 is 0 Å². The third-order valence-electron chi connectivity index (χ3n) is 2.45. The van der Waals surface area contributed by atoms with Gasteiger partial charge < -0.3 is 14.6 Å². The zero-order valence-electron chi connectivity index (χ0n) is 8.18. The Kier molecular flexibility index (Phi) is 2.71. The Labute approximate surface area is 87.0 Å². The maximum Gasteiger partial charge on any atom is 0.287 e. The molecule has 2 rings (SSSR count). The SMILES string of the molecule is O=CN1CCC(NC(=O)c2ccco2)C1. The lowest BCUT2D eigenvalue weighted by atomic mass is 10.2. The zero-order valence-corrected chi connectivity index (χ0v) is 8.18. The number of hydrogen-bond donors (Lipinski definition) is 1. The van der Waals surface area contributed by atoms with E-state index in [1.54, 1.807) is 17.0 Å². The number of carbonyl (C=O) groups excluding carboxylic acids is 2. The molecular formula is C10H12N2O3. The molecule has 1 aliphatic rings. The number of nitrogens with zero attached hydrogens (tertiary/aromatic N) is 1. The Morgan fingerprint density at radius 2 is 2.53 bits per heavy atom. The van der Waals surface area contributed by atoms with E-state index in [1.807, 2.05) is 0 Å². The molecule has 1 atom stereocenters. The van der Waals surface area contributed by atoms with Crippen LogP contribution >= 0.6 is 0 Å². The summed E-state index contributed by atoms with van der Waals surface area (Å²) >= 11 is 0. The van der Waals surface area contributed by atoms with Crippen LogP contribution in [-0.2, 0) is 4.79 Å². The van der Waals surface area contributed by atoms with Gasteiger partial charge in [0.25, 0.3) is 5.91 Å². The van der Waals surface area contributed by atoms with Crippen LogP contribution in [0.15, 0.2) is 22.8 Å². The first-order chi connectivity index (χ1) is 7.29. The van der Waals surface area contributed by atoms with Crippen molar-refractivity contribution in [3.63, 3.8) is 0 Å². The van der Waals surface area contributed by atoms with Gasteiger partial charge in [0.2, 0.25) is 6.41 Å². The summed E-state index contributed by atoms with van der Waals surface area (Å²) in [5.41, 5.74) is 0. The second-order valence-corrected chi connectivity index (χ2v) is 3.54. The van der Waals surface area contributed by atoms with Gasteiger partial charge in [0, 0.05) is 19.1 Å². The number of likely N-dealkylation sites (tertiary alicyclic amines) is 1. The second kappa shape index (κ2) is 4.16. The molecule has 15 heavy (non-hydrogen) atoms. The van der Waals surface area contributed by atoms with E-state index in [0.717, 1.165) is 12.8 Å². The Bertz CT molecular complexity index is 348. The van der Waals surface area contributed by atoms with Gasteiger partial charge >= 0.3 is 0 Å². The van der Waals surface area contributed by atoms with Crippen LogP contribution in [0.1, 0.15) is 17.0 Å². The molecule has 1 fully saturated rings. The summed E-state index contributed by atoms with van der Waals surface area (Å²) in [7, 11) is 0. The number of carbonyl (C=O) groups is 2. The standard InChI is InChI=1S/C10H12N2O3/c13-7-12-4-3-8(6-12)11-10(14)9-2-1-5-15-9/h1-2,5,7-8H,3-4,6H2,(H,11,14). The molecule has 1 aromatic rings. The zero-order chi connectivity index (χ0) is 10.7. The van der Waals surface area contributed by atoms with Gasteiger partial charge in [-0.2, -0.15) is 0 Å². The molecule has 2 amide bonds. The van der Waals surface area contributed by atoms with Crippen LogP contribution in [0.2, 0.25) is 0 Å². The van der Waals surface area contributed by atoms with Gasteiger partial charge in [-0.1, -0.05) is 0 Å². The molecule has 1 unspecified atom stereocenters. The topological polar surface area (TPSA) is 62.6 Å². The van der Waals surface area contributed by atoms with Crippen molar-refractivity contribution in [2.24, 2.45) is 0 Å². The summed E-state index contributed by atoms with van der Waals surface area (Å²) in [6.45, 7) is 1.28. The van der Waals surface area contributed by atoms with Gasteiger partial charge in [-0.05, 0) is 18.6 Å². The first-order valence-electron chi connectivity index (χ1n) is 4.83.